The van der Waals surface area contributed by atoms with E-state index in [2.05, 4.69) is 10.2 Å². The number of rotatable bonds is 3. The third-order valence-corrected chi connectivity index (χ3v) is 5.02. The molecule has 0 N–H and O–H groups in total. The molecule has 0 aromatic carbocycles. The van der Waals surface area contributed by atoms with Crippen molar-refractivity contribution in [1.82, 2.24) is 15.1 Å². The standard InChI is InChI=1S/C16H25N3O3S/c1-12-7-8-14(18-17-12)23(21)11-13-6-5-9-19(10-13)15(20)22-16(2,3)4/h7-8,13H,5-6,9-11H2,1-4H3/t13-,23-/m1/s1. The summed E-state index contributed by atoms with van der Waals surface area (Å²) in [5.74, 6) is 0.692. The fourth-order valence-electron chi connectivity index (χ4n) is 2.50. The van der Waals surface area contributed by atoms with E-state index in [0.29, 0.717) is 23.9 Å². The Morgan fingerprint density at radius 3 is 2.74 bits per heavy atom. The van der Waals surface area contributed by atoms with Gasteiger partial charge >= 0.3 is 6.09 Å². The molecule has 0 radical (unpaired) electrons. The number of aryl methyl sites for hydroxylation is 1. The highest BCUT2D eigenvalue weighted by molar-refractivity contribution is 7.84. The average molecular weight is 339 g/mol. The third-order valence-electron chi connectivity index (χ3n) is 3.56. The van der Waals surface area contributed by atoms with Crippen LogP contribution in [0.15, 0.2) is 17.2 Å². The van der Waals surface area contributed by atoms with Crippen LogP contribution in [0.4, 0.5) is 4.79 Å². The lowest BCUT2D eigenvalue weighted by atomic mass is 10.0. The summed E-state index contributed by atoms with van der Waals surface area (Å²) in [5, 5.41) is 8.44. The second kappa shape index (κ2) is 7.38. The van der Waals surface area contributed by atoms with Gasteiger partial charge in [-0.1, -0.05) is 0 Å². The molecular formula is C16H25N3O3S. The molecule has 0 spiro atoms. The molecule has 1 amide bonds. The van der Waals surface area contributed by atoms with Crippen LogP contribution in [0.1, 0.15) is 39.3 Å². The molecule has 128 valence electrons. The molecule has 23 heavy (non-hydrogen) atoms. The van der Waals surface area contributed by atoms with E-state index in [4.69, 9.17) is 4.74 Å². The van der Waals surface area contributed by atoms with Crippen LogP contribution in [0.2, 0.25) is 0 Å². The number of carbonyl (C=O) groups is 1. The first-order chi connectivity index (χ1) is 10.7. The van der Waals surface area contributed by atoms with Crippen LogP contribution in [0.5, 0.6) is 0 Å². The molecule has 2 heterocycles. The first kappa shape index (κ1) is 17.8. The van der Waals surface area contributed by atoms with Gasteiger partial charge in [0.15, 0.2) is 0 Å². The maximum Gasteiger partial charge on any atom is 0.410 e. The van der Waals surface area contributed by atoms with E-state index in [-0.39, 0.29) is 12.0 Å². The molecule has 0 saturated carbocycles. The van der Waals surface area contributed by atoms with Crippen LogP contribution in [0, 0.1) is 12.8 Å². The molecule has 0 bridgehead atoms. The van der Waals surface area contributed by atoms with E-state index in [0.717, 1.165) is 18.5 Å². The maximum atomic E-state index is 12.4. The lowest BCUT2D eigenvalue weighted by Crippen LogP contribution is -2.44. The molecule has 1 aromatic rings. The molecule has 0 aliphatic carbocycles. The van der Waals surface area contributed by atoms with Crippen LogP contribution in [-0.4, -0.2) is 49.8 Å². The first-order valence-electron chi connectivity index (χ1n) is 7.91. The Bertz CT molecular complexity index is 569. The van der Waals surface area contributed by atoms with Gasteiger partial charge in [-0.15, -0.1) is 5.10 Å². The number of hydrogen-bond acceptors (Lipinski definition) is 5. The van der Waals surface area contributed by atoms with E-state index < -0.39 is 16.4 Å². The Balaban J connectivity index is 1.92. The van der Waals surface area contributed by atoms with Crippen LogP contribution in [-0.2, 0) is 15.5 Å². The smallest absolute Gasteiger partial charge is 0.410 e. The summed E-state index contributed by atoms with van der Waals surface area (Å²) < 4.78 is 17.8. The van der Waals surface area contributed by atoms with Crippen molar-refractivity contribution in [1.29, 1.82) is 0 Å². The quantitative estimate of drug-likeness (QED) is 0.846. The Kier molecular flexibility index (Phi) is 5.73. The number of amides is 1. The van der Waals surface area contributed by atoms with E-state index in [9.17, 15) is 9.00 Å². The number of aromatic nitrogens is 2. The minimum atomic E-state index is -1.19. The van der Waals surface area contributed by atoms with Crippen molar-refractivity contribution in [2.45, 2.75) is 51.2 Å². The molecule has 0 unspecified atom stereocenters. The van der Waals surface area contributed by atoms with Gasteiger partial charge in [-0.3, -0.25) is 4.21 Å². The molecule has 1 aromatic heterocycles. The van der Waals surface area contributed by atoms with Crippen molar-refractivity contribution in [3.63, 3.8) is 0 Å². The Morgan fingerprint density at radius 2 is 2.13 bits per heavy atom. The van der Waals surface area contributed by atoms with Gasteiger partial charge in [0.1, 0.15) is 10.6 Å². The van der Waals surface area contributed by atoms with Gasteiger partial charge in [-0.2, -0.15) is 5.10 Å². The molecule has 1 aliphatic rings. The zero-order valence-corrected chi connectivity index (χ0v) is 15.1. The molecule has 6 nitrogen and oxygen atoms in total. The van der Waals surface area contributed by atoms with Crippen LogP contribution >= 0.6 is 0 Å². The number of carbonyl (C=O) groups excluding carboxylic acids is 1. The van der Waals surface area contributed by atoms with Crippen molar-refractivity contribution >= 4 is 16.9 Å². The molecule has 1 saturated heterocycles. The summed E-state index contributed by atoms with van der Waals surface area (Å²) in [5.41, 5.74) is 0.309. The predicted octanol–water partition coefficient (Wildman–Crippen LogP) is 2.54. The van der Waals surface area contributed by atoms with Crippen molar-refractivity contribution < 1.29 is 13.7 Å². The molecule has 2 rings (SSSR count). The van der Waals surface area contributed by atoms with Crippen LogP contribution < -0.4 is 0 Å². The predicted molar refractivity (Wildman–Crippen MR) is 88.6 cm³/mol. The van der Waals surface area contributed by atoms with Crippen molar-refractivity contribution in [2.75, 3.05) is 18.8 Å². The highest BCUT2D eigenvalue weighted by Gasteiger charge is 2.28. The molecule has 2 atom stereocenters. The summed E-state index contributed by atoms with van der Waals surface area (Å²) in [6.45, 7) is 8.70. The molecule has 1 fully saturated rings. The summed E-state index contributed by atoms with van der Waals surface area (Å²) in [6.07, 6.45) is 1.58. The maximum absolute atomic E-state index is 12.4. The van der Waals surface area contributed by atoms with Gasteiger partial charge in [-0.25, -0.2) is 4.79 Å². The molecular weight excluding hydrogens is 314 g/mol. The zero-order chi connectivity index (χ0) is 17.0. The largest absolute Gasteiger partial charge is 0.444 e. The summed E-state index contributed by atoms with van der Waals surface area (Å²) in [6, 6.07) is 3.57. The van der Waals surface area contributed by atoms with E-state index in [1.807, 2.05) is 33.8 Å². The number of likely N-dealkylation sites (tertiary alicyclic amines) is 1. The summed E-state index contributed by atoms with van der Waals surface area (Å²) >= 11 is 0. The highest BCUT2D eigenvalue weighted by atomic mass is 32.2. The number of piperidine rings is 1. The van der Waals surface area contributed by atoms with Crippen LogP contribution in [0.25, 0.3) is 0 Å². The second-order valence-corrected chi connectivity index (χ2v) is 8.40. The van der Waals surface area contributed by atoms with E-state index in [1.165, 1.54) is 0 Å². The summed E-state index contributed by atoms with van der Waals surface area (Å²) in [7, 11) is -1.19. The summed E-state index contributed by atoms with van der Waals surface area (Å²) in [4.78, 5) is 13.9. The van der Waals surface area contributed by atoms with Crippen molar-refractivity contribution in [3.05, 3.63) is 17.8 Å². The second-order valence-electron chi connectivity index (χ2n) is 6.96. The number of nitrogens with zero attached hydrogens (tertiary/aromatic N) is 3. The monoisotopic (exact) mass is 339 g/mol. The minimum absolute atomic E-state index is 0.195. The SMILES string of the molecule is Cc1ccc([S@](=O)C[C@@H]2CCCN(C(=O)OC(C)(C)C)C2)nn1. The van der Waals surface area contributed by atoms with Gasteiger partial charge in [0.05, 0.1) is 16.5 Å². The number of hydrogen-bond donors (Lipinski definition) is 0. The normalized spacial score (nSPS) is 20.2. The van der Waals surface area contributed by atoms with Gasteiger partial charge in [-0.05, 0) is 58.6 Å². The fraction of sp³-hybridized carbons (Fsp3) is 0.688. The Hall–Kier alpha value is -1.50. The van der Waals surface area contributed by atoms with E-state index >= 15 is 0 Å². The minimum Gasteiger partial charge on any atom is -0.444 e. The van der Waals surface area contributed by atoms with Gasteiger partial charge in [0.25, 0.3) is 0 Å². The third kappa shape index (κ3) is 5.57. The lowest BCUT2D eigenvalue weighted by Gasteiger charge is -2.33. The Labute approximate surface area is 140 Å². The van der Waals surface area contributed by atoms with Crippen molar-refractivity contribution in [3.8, 4) is 0 Å². The molecule has 7 heteroatoms. The highest BCUT2D eigenvalue weighted by Crippen LogP contribution is 2.21. The Morgan fingerprint density at radius 1 is 1.39 bits per heavy atom. The average Bonchev–Trinajstić information content (AvgIpc) is 2.46. The molecule has 1 aliphatic heterocycles. The lowest BCUT2D eigenvalue weighted by molar-refractivity contribution is 0.0176. The van der Waals surface area contributed by atoms with Gasteiger partial charge < -0.3 is 9.64 Å². The number of ether oxygens (including phenoxy) is 1. The van der Waals surface area contributed by atoms with Crippen LogP contribution in [0.3, 0.4) is 0 Å². The topological polar surface area (TPSA) is 72.4 Å². The van der Waals surface area contributed by atoms with Gasteiger partial charge in [0, 0.05) is 18.8 Å². The van der Waals surface area contributed by atoms with Gasteiger partial charge in [0.2, 0.25) is 0 Å². The fourth-order valence-corrected chi connectivity index (χ4v) is 3.72. The van der Waals surface area contributed by atoms with E-state index in [1.54, 1.807) is 11.0 Å². The van der Waals surface area contributed by atoms with Crippen molar-refractivity contribution in [2.24, 2.45) is 5.92 Å². The zero-order valence-electron chi connectivity index (χ0n) is 14.2. The first-order valence-corrected chi connectivity index (χ1v) is 9.23.